The largest absolute Gasteiger partial charge is 0.380 e. The third-order valence-electron chi connectivity index (χ3n) is 3.26. The molecule has 1 aromatic rings. The van der Waals surface area contributed by atoms with Crippen molar-refractivity contribution in [2.24, 2.45) is 0 Å². The van der Waals surface area contributed by atoms with Crippen LogP contribution in [0.5, 0.6) is 0 Å². The van der Waals surface area contributed by atoms with Crippen molar-refractivity contribution >= 4 is 37.1 Å². The van der Waals surface area contributed by atoms with Crippen molar-refractivity contribution in [2.45, 2.75) is 18.9 Å². The summed E-state index contributed by atoms with van der Waals surface area (Å²) in [5, 5.41) is 3.38. The second-order valence-electron chi connectivity index (χ2n) is 5.15. The molecular formula is C13H19BrN2O2S. The summed E-state index contributed by atoms with van der Waals surface area (Å²) in [6.07, 6.45) is 1.64. The van der Waals surface area contributed by atoms with Gasteiger partial charge in [0.05, 0.1) is 22.9 Å². The molecule has 1 fully saturated rings. The predicted octanol–water partition coefficient (Wildman–Crippen LogP) is 2.50. The Hall–Kier alpha value is -0.750. The molecule has 0 aromatic heterocycles. The maximum Gasteiger partial charge on any atom is 0.152 e. The van der Waals surface area contributed by atoms with E-state index in [0.717, 1.165) is 28.7 Å². The van der Waals surface area contributed by atoms with E-state index in [9.17, 15) is 8.42 Å². The van der Waals surface area contributed by atoms with E-state index in [1.807, 2.05) is 37.2 Å². The van der Waals surface area contributed by atoms with Gasteiger partial charge in [0.25, 0.3) is 0 Å². The Bertz CT molecular complexity index is 558. The Morgan fingerprint density at radius 1 is 1.37 bits per heavy atom. The van der Waals surface area contributed by atoms with Crippen molar-refractivity contribution in [3.05, 3.63) is 22.7 Å². The summed E-state index contributed by atoms with van der Waals surface area (Å²) in [4.78, 5) is 2.02. The molecular weight excluding hydrogens is 328 g/mol. The summed E-state index contributed by atoms with van der Waals surface area (Å²) < 4.78 is 24.3. The van der Waals surface area contributed by atoms with Crippen LogP contribution in [0.25, 0.3) is 0 Å². The molecule has 1 aliphatic heterocycles. The van der Waals surface area contributed by atoms with Crippen LogP contribution in [0.4, 0.5) is 11.4 Å². The molecule has 1 saturated heterocycles. The van der Waals surface area contributed by atoms with E-state index in [2.05, 4.69) is 21.2 Å². The molecule has 2 rings (SSSR count). The summed E-state index contributed by atoms with van der Waals surface area (Å²) in [6, 6.07) is 6.00. The van der Waals surface area contributed by atoms with Gasteiger partial charge < -0.3 is 10.2 Å². The van der Waals surface area contributed by atoms with E-state index in [-0.39, 0.29) is 11.8 Å². The molecule has 0 spiro atoms. The zero-order valence-electron chi connectivity index (χ0n) is 11.2. The van der Waals surface area contributed by atoms with Crippen molar-refractivity contribution in [1.82, 2.24) is 0 Å². The number of nitrogens with one attached hydrogen (secondary N) is 1. The third kappa shape index (κ3) is 3.86. The highest BCUT2D eigenvalue weighted by Crippen LogP contribution is 2.30. The highest BCUT2D eigenvalue weighted by atomic mass is 79.9. The molecule has 0 aliphatic carbocycles. The van der Waals surface area contributed by atoms with Crippen molar-refractivity contribution in [3.63, 3.8) is 0 Å². The number of hydrogen-bond acceptors (Lipinski definition) is 4. The summed E-state index contributed by atoms with van der Waals surface area (Å²) in [7, 11) is 1.07. The lowest BCUT2D eigenvalue weighted by Gasteiger charge is -2.27. The average Bonchev–Trinajstić information content (AvgIpc) is 2.27. The number of halogens is 1. The molecule has 0 amide bonds. The van der Waals surface area contributed by atoms with Gasteiger partial charge in [-0.25, -0.2) is 8.42 Å². The lowest BCUT2D eigenvalue weighted by molar-refractivity contribution is 0.562. The molecule has 0 bridgehead atoms. The van der Waals surface area contributed by atoms with Gasteiger partial charge in [-0.15, -0.1) is 0 Å². The average molecular weight is 347 g/mol. The summed E-state index contributed by atoms with van der Waals surface area (Å²) in [5.74, 6) is 0.552. The highest BCUT2D eigenvalue weighted by Gasteiger charge is 2.25. The van der Waals surface area contributed by atoms with Gasteiger partial charge in [-0.3, -0.25) is 0 Å². The summed E-state index contributed by atoms with van der Waals surface area (Å²) >= 11 is 3.46. The SMILES string of the molecule is CN(C)c1ccc(Br)cc1NC1CCCS(=O)(=O)C1. The van der Waals surface area contributed by atoms with Crippen molar-refractivity contribution in [3.8, 4) is 0 Å². The van der Waals surface area contributed by atoms with Crippen LogP contribution in [0.15, 0.2) is 22.7 Å². The van der Waals surface area contributed by atoms with Crippen LogP contribution < -0.4 is 10.2 Å². The van der Waals surface area contributed by atoms with Crippen LogP contribution in [0.1, 0.15) is 12.8 Å². The first-order chi connectivity index (χ1) is 8.87. The number of rotatable bonds is 3. The van der Waals surface area contributed by atoms with E-state index >= 15 is 0 Å². The smallest absolute Gasteiger partial charge is 0.152 e. The van der Waals surface area contributed by atoms with Crippen LogP contribution >= 0.6 is 15.9 Å². The third-order valence-corrected chi connectivity index (χ3v) is 5.58. The zero-order chi connectivity index (χ0) is 14.0. The van der Waals surface area contributed by atoms with E-state index < -0.39 is 9.84 Å². The second kappa shape index (κ2) is 5.71. The number of benzene rings is 1. The fourth-order valence-corrected chi connectivity index (χ4v) is 4.37. The van der Waals surface area contributed by atoms with Crippen LogP contribution in [0.2, 0.25) is 0 Å². The number of sulfone groups is 1. The van der Waals surface area contributed by atoms with Gasteiger partial charge in [0.1, 0.15) is 0 Å². The standard InChI is InChI=1S/C13H19BrN2O2S/c1-16(2)13-6-5-10(14)8-12(13)15-11-4-3-7-19(17,18)9-11/h5-6,8,11,15H,3-4,7,9H2,1-2H3. The Morgan fingerprint density at radius 3 is 2.74 bits per heavy atom. The molecule has 0 saturated carbocycles. The minimum atomic E-state index is -2.88. The van der Waals surface area contributed by atoms with Crippen molar-refractivity contribution in [2.75, 3.05) is 35.8 Å². The van der Waals surface area contributed by atoms with Gasteiger partial charge in [-0.1, -0.05) is 15.9 Å². The molecule has 6 heteroatoms. The van der Waals surface area contributed by atoms with E-state index in [1.165, 1.54) is 0 Å². The van der Waals surface area contributed by atoms with Gasteiger partial charge >= 0.3 is 0 Å². The molecule has 1 aliphatic rings. The van der Waals surface area contributed by atoms with Crippen LogP contribution in [-0.4, -0.2) is 40.1 Å². The maximum atomic E-state index is 11.7. The van der Waals surface area contributed by atoms with Crippen molar-refractivity contribution < 1.29 is 8.42 Å². The molecule has 0 radical (unpaired) electrons. The molecule has 1 atom stereocenters. The number of hydrogen-bond donors (Lipinski definition) is 1. The van der Waals surface area contributed by atoms with Gasteiger partial charge in [0.15, 0.2) is 9.84 Å². The van der Waals surface area contributed by atoms with Gasteiger partial charge in [0, 0.05) is 24.6 Å². The summed E-state index contributed by atoms with van der Waals surface area (Å²) in [5.41, 5.74) is 2.03. The van der Waals surface area contributed by atoms with E-state index in [4.69, 9.17) is 0 Å². The molecule has 1 unspecified atom stereocenters. The minimum absolute atomic E-state index is 0.00625. The van der Waals surface area contributed by atoms with Crippen LogP contribution in [0.3, 0.4) is 0 Å². The Morgan fingerprint density at radius 2 is 2.11 bits per heavy atom. The summed E-state index contributed by atoms with van der Waals surface area (Å²) in [6.45, 7) is 0. The minimum Gasteiger partial charge on any atom is -0.380 e. The topological polar surface area (TPSA) is 49.4 Å². The van der Waals surface area contributed by atoms with Gasteiger partial charge in [-0.2, -0.15) is 0 Å². The maximum absolute atomic E-state index is 11.7. The van der Waals surface area contributed by atoms with Crippen LogP contribution in [-0.2, 0) is 9.84 Å². The quantitative estimate of drug-likeness (QED) is 0.913. The molecule has 1 heterocycles. The molecule has 4 nitrogen and oxygen atoms in total. The number of anilines is 2. The lowest BCUT2D eigenvalue weighted by Crippen LogP contribution is -2.35. The van der Waals surface area contributed by atoms with Crippen molar-refractivity contribution in [1.29, 1.82) is 0 Å². The Balaban J connectivity index is 2.20. The first-order valence-electron chi connectivity index (χ1n) is 6.31. The fourth-order valence-electron chi connectivity index (χ4n) is 2.37. The fraction of sp³-hybridized carbons (Fsp3) is 0.538. The first-order valence-corrected chi connectivity index (χ1v) is 8.93. The normalized spacial score (nSPS) is 21.9. The van der Waals surface area contributed by atoms with Crippen LogP contribution in [0, 0.1) is 0 Å². The molecule has 19 heavy (non-hydrogen) atoms. The second-order valence-corrected chi connectivity index (χ2v) is 8.30. The monoisotopic (exact) mass is 346 g/mol. The number of nitrogens with zero attached hydrogens (tertiary/aromatic N) is 1. The first kappa shape index (κ1) is 14.7. The molecule has 1 aromatic carbocycles. The lowest BCUT2D eigenvalue weighted by atomic mass is 10.1. The Kier molecular flexibility index (Phi) is 4.40. The molecule has 106 valence electrons. The Labute approximate surface area is 123 Å². The van der Waals surface area contributed by atoms with E-state index in [1.54, 1.807) is 0 Å². The van der Waals surface area contributed by atoms with Gasteiger partial charge in [-0.05, 0) is 31.0 Å². The van der Waals surface area contributed by atoms with E-state index in [0.29, 0.717) is 5.75 Å². The van der Waals surface area contributed by atoms with Gasteiger partial charge in [0.2, 0.25) is 0 Å². The predicted molar refractivity (Wildman–Crippen MR) is 83.8 cm³/mol. The highest BCUT2D eigenvalue weighted by molar-refractivity contribution is 9.10. The molecule has 1 N–H and O–H groups in total. The zero-order valence-corrected chi connectivity index (χ0v) is 13.6.